The van der Waals surface area contributed by atoms with Crippen molar-refractivity contribution >= 4 is 5.91 Å². The molecule has 0 bridgehead atoms. The summed E-state index contributed by atoms with van der Waals surface area (Å²) in [7, 11) is 0. The van der Waals surface area contributed by atoms with Crippen molar-refractivity contribution in [1.29, 1.82) is 0 Å². The Morgan fingerprint density at radius 2 is 2.12 bits per heavy atom. The Labute approximate surface area is 97.5 Å². The minimum absolute atomic E-state index is 0.0268. The van der Waals surface area contributed by atoms with Gasteiger partial charge in [-0.1, -0.05) is 0 Å². The van der Waals surface area contributed by atoms with Gasteiger partial charge in [-0.15, -0.1) is 0 Å². The standard InChI is InChI=1S/C10H17F3N2O2/c11-10(12,13)3-1-5-17-7-2-4-9(15,6-7)8(14)16/h7H,1-6,15H2,(H2,14,16). The first-order valence-corrected chi connectivity index (χ1v) is 5.50. The molecule has 0 radical (unpaired) electrons. The summed E-state index contributed by atoms with van der Waals surface area (Å²) in [4.78, 5) is 11.0. The predicted octanol–water partition coefficient (Wildman–Crippen LogP) is 1.08. The molecule has 4 nitrogen and oxygen atoms in total. The van der Waals surface area contributed by atoms with Crippen LogP contribution in [0, 0.1) is 0 Å². The first-order valence-electron chi connectivity index (χ1n) is 5.50. The fourth-order valence-corrected chi connectivity index (χ4v) is 1.92. The second kappa shape index (κ2) is 5.22. The highest BCUT2D eigenvalue weighted by Gasteiger charge is 2.41. The summed E-state index contributed by atoms with van der Waals surface area (Å²) < 4.78 is 40.8. The minimum Gasteiger partial charge on any atom is -0.378 e. The van der Waals surface area contributed by atoms with Crippen molar-refractivity contribution in [2.24, 2.45) is 11.5 Å². The lowest BCUT2D eigenvalue weighted by Gasteiger charge is -2.19. The lowest BCUT2D eigenvalue weighted by Crippen LogP contribution is -2.50. The van der Waals surface area contributed by atoms with E-state index in [4.69, 9.17) is 16.2 Å². The van der Waals surface area contributed by atoms with Gasteiger partial charge in [0.05, 0.1) is 11.6 Å². The largest absolute Gasteiger partial charge is 0.389 e. The number of alkyl halides is 3. The molecule has 1 rings (SSSR count). The number of rotatable bonds is 5. The molecule has 0 aliphatic heterocycles. The molecule has 0 heterocycles. The molecule has 1 aliphatic carbocycles. The zero-order valence-electron chi connectivity index (χ0n) is 9.43. The highest BCUT2D eigenvalue weighted by molar-refractivity contribution is 5.84. The lowest BCUT2D eigenvalue weighted by molar-refractivity contribution is -0.138. The molecule has 2 atom stereocenters. The number of nitrogens with two attached hydrogens (primary N) is 2. The van der Waals surface area contributed by atoms with Crippen molar-refractivity contribution < 1.29 is 22.7 Å². The molecule has 1 amide bonds. The Kier molecular flexibility index (Phi) is 4.37. The van der Waals surface area contributed by atoms with Gasteiger partial charge in [0.2, 0.25) is 5.91 Å². The van der Waals surface area contributed by atoms with Gasteiger partial charge in [-0.05, 0) is 19.3 Å². The molecule has 0 saturated heterocycles. The molecule has 7 heteroatoms. The number of hydrogen-bond acceptors (Lipinski definition) is 3. The van der Waals surface area contributed by atoms with Gasteiger partial charge in [-0.25, -0.2) is 0 Å². The van der Waals surface area contributed by atoms with Crippen LogP contribution in [-0.4, -0.2) is 30.3 Å². The number of halogens is 3. The zero-order valence-corrected chi connectivity index (χ0v) is 9.43. The van der Waals surface area contributed by atoms with E-state index >= 15 is 0 Å². The van der Waals surface area contributed by atoms with E-state index in [0.29, 0.717) is 12.8 Å². The molecule has 1 fully saturated rings. The van der Waals surface area contributed by atoms with E-state index in [9.17, 15) is 18.0 Å². The van der Waals surface area contributed by atoms with Crippen LogP contribution in [0.2, 0.25) is 0 Å². The van der Waals surface area contributed by atoms with Crippen LogP contribution < -0.4 is 11.5 Å². The number of ether oxygens (including phenoxy) is 1. The molecule has 0 spiro atoms. The van der Waals surface area contributed by atoms with Crippen LogP contribution >= 0.6 is 0 Å². The maximum absolute atomic E-state index is 11.8. The fourth-order valence-electron chi connectivity index (χ4n) is 1.92. The average molecular weight is 254 g/mol. The van der Waals surface area contributed by atoms with E-state index in [-0.39, 0.29) is 25.6 Å². The molecule has 0 aromatic rings. The summed E-state index contributed by atoms with van der Waals surface area (Å²) in [6, 6.07) is 0. The zero-order chi connectivity index (χ0) is 13.1. The Hall–Kier alpha value is -0.820. The summed E-state index contributed by atoms with van der Waals surface area (Å²) >= 11 is 0. The second-order valence-electron chi connectivity index (χ2n) is 4.47. The average Bonchev–Trinajstić information content (AvgIpc) is 2.55. The smallest absolute Gasteiger partial charge is 0.378 e. The first kappa shape index (κ1) is 14.2. The van der Waals surface area contributed by atoms with Crippen LogP contribution in [0.25, 0.3) is 0 Å². The van der Waals surface area contributed by atoms with E-state index in [1.165, 1.54) is 0 Å². The molecule has 100 valence electrons. The molecular formula is C10H17F3N2O2. The van der Waals surface area contributed by atoms with Crippen molar-refractivity contribution in [3.8, 4) is 0 Å². The molecule has 17 heavy (non-hydrogen) atoms. The van der Waals surface area contributed by atoms with Crippen LogP contribution in [0.15, 0.2) is 0 Å². The van der Waals surface area contributed by atoms with Gasteiger partial charge in [0.25, 0.3) is 0 Å². The third-order valence-electron chi connectivity index (χ3n) is 2.95. The maximum Gasteiger partial charge on any atom is 0.389 e. The van der Waals surface area contributed by atoms with Crippen LogP contribution in [-0.2, 0) is 9.53 Å². The molecule has 0 aromatic carbocycles. The van der Waals surface area contributed by atoms with Crippen molar-refractivity contribution in [2.75, 3.05) is 6.61 Å². The summed E-state index contributed by atoms with van der Waals surface area (Å²) in [6.45, 7) is 0.0268. The fraction of sp³-hybridized carbons (Fsp3) is 0.900. The Bertz CT molecular complexity index is 283. The number of carbonyl (C=O) groups excluding carboxylic acids is 1. The van der Waals surface area contributed by atoms with Crippen LogP contribution in [0.1, 0.15) is 32.1 Å². The third-order valence-corrected chi connectivity index (χ3v) is 2.95. The number of amides is 1. The van der Waals surface area contributed by atoms with Gasteiger partial charge in [0.15, 0.2) is 0 Å². The Morgan fingerprint density at radius 1 is 1.47 bits per heavy atom. The number of hydrogen-bond donors (Lipinski definition) is 2. The normalized spacial score (nSPS) is 29.5. The second-order valence-corrected chi connectivity index (χ2v) is 4.47. The van der Waals surface area contributed by atoms with Gasteiger partial charge in [0, 0.05) is 19.4 Å². The Balaban J connectivity index is 2.21. The maximum atomic E-state index is 11.8. The number of primary amides is 1. The van der Waals surface area contributed by atoms with Crippen LogP contribution in [0.4, 0.5) is 13.2 Å². The molecular weight excluding hydrogens is 237 g/mol. The molecule has 1 aliphatic rings. The van der Waals surface area contributed by atoms with Crippen LogP contribution in [0.5, 0.6) is 0 Å². The minimum atomic E-state index is -4.15. The summed E-state index contributed by atoms with van der Waals surface area (Å²) in [6.07, 6.45) is -4.08. The summed E-state index contributed by atoms with van der Waals surface area (Å²) in [5, 5.41) is 0. The van der Waals surface area contributed by atoms with Gasteiger partial charge < -0.3 is 16.2 Å². The topological polar surface area (TPSA) is 78.3 Å². The van der Waals surface area contributed by atoms with E-state index in [0.717, 1.165) is 0 Å². The first-order chi connectivity index (χ1) is 7.73. The Morgan fingerprint density at radius 3 is 2.59 bits per heavy atom. The molecule has 2 unspecified atom stereocenters. The summed E-state index contributed by atoms with van der Waals surface area (Å²) in [5.74, 6) is -0.584. The highest BCUT2D eigenvalue weighted by Crippen LogP contribution is 2.30. The van der Waals surface area contributed by atoms with Crippen molar-refractivity contribution in [2.45, 2.75) is 49.9 Å². The molecule has 1 saturated carbocycles. The molecule has 0 aromatic heterocycles. The molecule has 4 N–H and O–H groups in total. The monoisotopic (exact) mass is 254 g/mol. The van der Waals surface area contributed by atoms with E-state index in [1.807, 2.05) is 0 Å². The van der Waals surface area contributed by atoms with Gasteiger partial charge in [-0.3, -0.25) is 4.79 Å². The third kappa shape index (κ3) is 4.51. The van der Waals surface area contributed by atoms with E-state index in [1.54, 1.807) is 0 Å². The number of carbonyl (C=O) groups is 1. The summed E-state index contributed by atoms with van der Waals surface area (Å²) in [5.41, 5.74) is 9.81. The van der Waals surface area contributed by atoms with E-state index in [2.05, 4.69) is 0 Å². The SMILES string of the molecule is NC(=O)C1(N)CCC(OCCCC(F)(F)F)C1. The van der Waals surface area contributed by atoms with Crippen molar-refractivity contribution in [3.05, 3.63) is 0 Å². The van der Waals surface area contributed by atoms with Gasteiger partial charge in [-0.2, -0.15) is 13.2 Å². The van der Waals surface area contributed by atoms with Crippen LogP contribution in [0.3, 0.4) is 0 Å². The van der Waals surface area contributed by atoms with Crippen molar-refractivity contribution in [1.82, 2.24) is 0 Å². The van der Waals surface area contributed by atoms with Crippen molar-refractivity contribution in [3.63, 3.8) is 0 Å². The van der Waals surface area contributed by atoms with E-state index < -0.39 is 24.0 Å². The quantitative estimate of drug-likeness (QED) is 0.720. The van der Waals surface area contributed by atoms with Gasteiger partial charge >= 0.3 is 6.18 Å². The highest BCUT2D eigenvalue weighted by atomic mass is 19.4. The predicted molar refractivity (Wildman–Crippen MR) is 55.0 cm³/mol. The van der Waals surface area contributed by atoms with Gasteiger partial charge in [0.1, 0.15) is 0 Å². The lowest BCUT2D eigenvalue weighted by atomic mass is 9.99.